The first-order chi connectivity index (χ1) is 20.0. The van der Waals surface area contributed by atoms with Gasteiger partial charge in [-0.25, -0.2) is 0 Å². The Hall–Kier alpha value is -3.90. The van der Waals surface area contributed by atoms with E-state index in [0.717, 1.165) is 64.7 Å². The van der Waals surface area contributed by atoms with Crippen LogP contribution < -0.4 is 20.1 Å². The largest absolute Gasteiger partial charge is 0.497 e. The van der Waals surface area contributed by atoms with Gasteiger partial charge in [0.2, 0.25) is 22.1 Å². The zero-order valence-electron chi connectivity index (χ0n) is 23.0. The van der Waals surface area contributed by atoms with Crippen molar-refractivity contribution in [3.8, 4) is 11.5 Å². The number of nitrogens with zero attached hydrogens (tertiary/aromatic N) is 4. The average molecular weight is 593 g/mol. The van der Waals surface area contributed by atoms with Crippen LogP contribution in [0, 0.1) is 0 Å². The third-order valence-electron chi connectivity index (χ3n) is 6.99. The van der Waals surface area contributed by atoms with E-state index < -0.39 is 0 Å². The number of hydrogen-bond acceptors (Lipinski definition) is 10. The summed E-state index contributed by atoms with van der Waals surface area (Å²) >= 11 is 2.86. The zero-order valence-corrected chi connectivity index (χ0v) is 24.6. The van der Waals surface area contributed by atoms with Gasteiger partial charge in [0, 0.05) is 11.8 Å². The van der Waals surface area contributed by atoms with Crippen LogP contribution in [-0.4, -0.2) is 46.4 Å². The van der Waals surface area contributed by atoms with Gasteiger partial charge >= 0.3 is 0 Å². The van der Waals surface area contributed by atoms with Crippen LogP contribution in [0.15, 0.2) is 48.5 Å². The van der Waals surface area contributed by atoms with E-state index in [-0.39, 0.29) is 36.5 Å². The highest BCUT2D eigenvalue weighted by molar-refractivity contribution is 7.15. The summed E-state index contributed by atoms with van der Waals surface area (Å²) in [4.78, 5) is 25.2. The lowest BCUT2D eigenvalue weighted by Crippen LogP contribution is -2.14. The lowest BCUT2D eigenvalue weighted by atomic mass is 9.94. The van der Waals surface area contributed by atoms with E-state index in [1.165, 1.54) is 22.7 Å². The topological polar surface area (TPSA) is 128 Å². The minimum atomic E-state index is -0.144. The van der Waals surface area contributed by atoms with E-state index in [4.69, 9.17) is 9.47 Å². The molecule has 0 bridgehead atoms. The molecule has 0 saturated heterocycles. The molecule has 10 nitrogen and oxygen atoms in total. The molecule has 4 aromatic rings. The van der Waals surface area contributed by atoms with Gasteiger partial charge in [0.1, 0.15) is 21.5 Å². The first-order valence-corrected chi connectivity index (χ1v) is 15.1. The van der Waals surface area contributed by atoms with Crippen LogP contribution in [0.5, 0.6) is 11.5 Å². The number of aromatic nitrogens is 4. The van der Waals surface area contributed by atoms with Crippen molar-refractivity contribution in [3.63, 3.8) is 0 Å². The first-order valence-electron chi connectivity index (χ1n) is 13.5. The molecule has 2 atom stereocenters. The fourth-order valence-electron chi connectivity index (χ4n) is 4.97. The van der Waals surface area contributed by atoms with Crippen LogP contribution in [-0.2, 0) is 22.4 Å². The van der Waals surface area contributed by atoms with Gasteiger partial charge in [-0.05, 0) is 54.7 Å². The van der Waals surface area contributed by atoms with Crippen LogP contribution >= 0.6 is 22.7 Å². The third kappa shape index (κ3) is 7.86. The monoisotopic (exact) mass is 592 g/mol. The Balaban J connectivity index is 1.17. The second-order valence-electron chi connectivity index (χ2n) is 9.96. The second-order valence-corrected chi connectivity index (χ2v) is 12.0. The van der Waals surface area contributed by atoms with Crippen molar-refractivity contribution in [2.24, 2.45) is 0 Å². The van der Waals surface area contributed by atoms with Crippen molar-refractivity contribution in [2.45, 2.75) is 56.8 Å². The molecule has 0 aliphatic heterocycles. The fourth-order valence-corrected chi connectivity index (χ4v) is 6.79. The lowest BCUT2D eigenvalue weighted by Gasteiger charge is -2.15. The summed E-state index contributed by atoms with van der Waals surface area (Å²) in [6.45, 7) is 0. The molecular formula is C29H32N6O4S2. The molecule has 0 radical (unpaired) electrons. The quantitative estimate of drug-likeness (QED) is 0.228. The molecule has 214 valence electrons. The number of benzene rings is 2. The van der Waals surface area contributed by atoms with Gasteiger partial charge in [-0.3, -0.25) is 9.59 Å². The van der Waals surface area contributed by atoms with E-state index in [1.807, 2.05) is 48.5 Å². The third-order valence-corrected chi connectivity index (χ3v) is 9.00. The summed E-state index contributed by atoms with van der Waals surface area (Å²) < 4.78 is 10.5. The van der Waals surface area contributed by atoms with Crippen LogP contribution in [0.25, 0.3) is 0 Å². The van der Waals surface area contributed by atoms with Gasteiger partial charge in [0.25, 0.3) is 0 Å². The first kappa shape index (κ1) is 28.6. The van der Waals surface area contributed by atoms with E-state index in [2.05, 4.69) is 31.0 Å². The molecule has 0 spiro atoms. The van der Waals surface area contributed by atoms with Crippen LogP contribution in [0.2, 0.25) is 0 Å². The van der Waals surface area contributed by atoms with Crippen molar-refractivity contribution in [1.29, 1.82) is 0 Å². The van der Waals surface area contributed by atoms with Crippen molar-refractivity contribution in [3.05, 3.63) is 69.7 Å². The highest BCUT2D eigenvalue weighted by Gasteiger charge is 2.28. The van der Waals surface area contributed by atoms with Crippen LogP contribution in [0.3, 0.4) is 0 Å². The van der Waals surface area contributed by atoms with Gasteiger partial charge < -0.3 is 20.1 Å². The Bertz CT molecular complexity index is 1380. The molecule has 1 aliphatic carbocycles. The maximum atomic E-state index is 12.6. The molecule has 2 amide bonds. The molecule has 1 fully saturated rings. The van der Waals surface area contributed by atoms with Gasteiger partial charge in [-0.2, -0.15) is 0 Å². The second kappa shape index (κ2) is 13.6. The molecule has 12 heteroatoms. The summed E-state index contributed by atoms with van der Waals surface area (Å²) in [6.07, 6.45) is 5.51. The molecule has 2 aromatic heterocycles. The summed E-state index contributed by atoms with van der Waals surface area (Å²) in [7, 11) is 3.21. The maximum Gasteiger partial charge on any atom is 0.230 e. The highest BCUT2D eigenvalue weighted by atomic mass is 32.1. The number of carbonyl (C=O) groups excluding carboxylic acids is 2. The predicted octanol–water partition coefficient (Wildman–Crippen LogP) is 5.60. The van der Waals surface area contributed by atoms with E-state index >= 15 is 0 Å². The number of rotatable bonds is 10. The summed E-state index contributed by atoms with van der Waals surface area (Å²) in [5, 5.41) is 26.0. The van der Waals surface area contributed by atoms with Gasteiger partial charge in [-0.1, -0.05) is 59.8 Å². The van der Waals surface area contributed by atoms with Gasteiger partial charge in [0.15, 0.2) is 0 Å². The zero-order chi connectivity index (χ0) is 28.6. The summed E-state index contributed by atoms with van der Waals surface area (Å²) in [5.74, 6) is 1.59. The number of methoxy groups -OCH3 is 2. The van der Waals surface area contributed by atoms with E-state index in [1.54, 1.807) is 14.2 Å². The van der Waals surface area contributed by atoms with Crippen molar-refractivity contribution >= 4 is 44.8 Å². The van der Waals surface area contributed by atoms with Crippen molar-refractivity contribution < 1.29 is 19.1 Å². The fraction of sp³-hybridized carbons (Fsp3) is 0.379. The smallest absolute Gasteiger partial charge is 0.230 e. The minimum absolute atomic E-state index is 0.144. The number of carbonyl (C=O) groups is 2. The van der Waals surface area contributed by atoms with Crippen LogP contribution in [0.1, 0.15) is 65.1 Å². The highest BCUT2D eigenvalue weighted by Crippen LogP contribution is 2.42. The standard InChI is InChI=1S/C29H32N6O4S2/c1-38-22-11-5-7-18(13-22)15-24(36)30-28-34-32-26(40-28)20-9-3-4-10-21(17-20)27-33-35-29(41-27)31-25(37)16-19-8-6-12-23(14-19)39-2/h5-8,11-14,20-21H,3-4,9-10,15-17H2,1-2H3,(H,30,34,36)(H,31,35,37)/t20-,21+. The van der Waals surface area contributed by atoms with Gasteiger partial charge in [0.05, 0.1) is 27.1 Å². The number of hydrogen-bond donors (Lipinski definition) is 2. The lowest BCUT2D eigenvalue weighted by molar-refractivity contribution is -0.116. The Kier molecular flexibility index (Phi) is 9.52. The molecule has 1 aliphatic rings. The Labute approximate surface area is 246 Å². The van der Waals surface area contributed by atoms with Gasteiger partial charge in [-0.15, -0.1) is 20.4 Å². The SMILES string of the molecule is COc1cccc(CC(=O)Nc2nnc([C@@H]3CCCC[C@H](c4nnc(NC(=O)Cc5cccc(OC)c5)s4)C3)s2)c1. The molecule has 2 N–H and O–H groups in total. The predicted molar refractivity (Wildman–Crippen MR) is 159 cm³/mol. The molecular weight excluding hydrogens is 560 g/mol. The van der Waals surface area contributed by atoms with Crippen LogP contribution in [0.4, 0.5) is 10.3 Å². The normalized spacial score (nSPS) is 16.9. The Morgan fingerprint density at radius 2 is 1.22 bits per heavy atom. The molecule has 2 heterocycles. The Morgan fingerprint density at radius 1 is 0.756 bits per heavy atom. The molecule has 0 unspecified atom stereocenters. The molecule has 41 heavy (non-hydrogen) atoms. The number of ether oxygens (including phenoxy) is 2. The van der Waals surface area contributed by atoms with E-state index in [9.17, 15) is 9.59 Å². The molecule has 1 saturated carbocycles. The number of nitrogens with one attached hydrogen (secondary N) is 2. The molecule has 5 rings (SSSR count). The number of amides is 2. The van der Waals surface area contributed by atoms with Crippen molar-refractivity contribution in [2.75, 3.05) is 24.9 Å². The Morgan fingerprint density at radius 3 is 1.66 bits per heavy atom. The van der Waals surface area contributed by atoms with E-state index in [0.29, 0.717) is 10.3 Å². The number of anilines is 2. The summed E-state index contributed by atoms with van der Waals surface area (Å²) in [5.41, 5.74) is 1.73. The minimum Gasteiger partial charge on any atom is -0.497 e. The summed E-state index contributed by atoms with van der Waals surface area (Å²) in [6, 6.07) is 14.9. The van der Waals surface area contributed by atoms with Crippen molar-refractivity contribution in [1.82, 2.24) is 20.4 Å². The molecule has 2 aromatic carbocycles. The maximum absolute atomic E-state index is 12.6. The average Bonchev–Trinajstić information content (AvgIpc) is 3.56.